The molecule has 1 heterocycles. The van der Waals surface area contributed by atoms with E-state index in [1.54, 1.807) is 0 Å². The molecule has 60 valence electrons. The van der Waals surface area contributed by atoms with E-state index < -0.39 is 0 Å². The number of rotatable bonds is 3. The number of nitrogens with zero attached hydrogens (tertiary/aromatic N) is 3. The molecule has 1 aromatic rings. The van der Waals surface area contributed by atoms with Gasteiger partial charge in [0.2, 0.25) is 0 Å². The normalized spacial score (nSPS) is 9.55. The van der Waals surface area contributed by atoms with Crippen LogP contribution in [0.3, 0.4) is 0 Å². The van der Waals surface area contributed by atoms with Crippen molar-refractivity contribution in [3.8, 4) is 0 Å². The molecule has 0 saturated heterocycles. The van der Waals surface area contributed by atoms with Crippen LogP contribution in [-0.2, 0) is 16.0 Å². The predicted molar refractivity (Wildman–Crippen MR) is 34.5 cm³/mol. The van der Waals surface area contributed by atoms with Crippen LogP contribution in [0.1, 0.15) is 12.7 Å². The molecule has 1 aromatic heterocycles. The molecule has 11 heavy (non-hydrogen) atoms. The van der Waals surface area contributed by atoms with Gasteiger partial charge in [-0.1, -0.05) is 5.21 Å². The fourth-order valence-corrected chi connectivity index (χ4v) is 0.574. The van der Waals surface area contributed by atoms with Crippen LogP contribution >= 0.6 is 0 Å². The second-order valence-corrected chi connectivity index (χ2v) is 1.92. The lowest BCUT2D eigenvalue weighted by Crippen LogP contribution is -2.04. The van der Waals surface area contributed by atoms with Gasteiger partial charge in [-0.15, -0.1) is 10.2 Å². The summed E-state index contributed by atoms with van der Waals surface area (Å²) in [6, 6.07) is 0. The van der Waals surface area contributed by atoms with Crippen LogP contribution in [0.4, 0.5) is 0 Å². The Morgan fingerprint density at radius 1 is 1.73 bits per heavy atom. The second kappa shape index (κ2) is 3.65. The Morgan fingerprint density at radius 3 is 3.09 bits per heavy atom. The summed E-state index contributed by atoms with van der Waals surface area (Å²) in [7, 11) is 0. The minimum Gasteiger partial charge on any atom is -0.465 e. The first-order chi connectivity index (χ1) is 5.29. The van der Waals surface area contributed by atoms with Crippen molar-refractivity contribution < 1.29 is 9.53 Å². The molecule has 0 aliphatic rings. The van der Waals surface area contributed by atoms with Gasteiger partial charge >= 0.3 is 5.97 Å². The van der Waals surface area contributed by atoms with Crippen LogP contribution in [0.5, 0.6) is 0 Å². The Bertz CT molecular complexity index is 220. The number of aromatic amines is 1. The topological polar surface area (TPSA) is 80.8 Å². The molecule has 0 aliphatic carbocycles. The van der Waals surface area contributed by atoms with Crippen molar-refractivity contribution in [1.82, 2.24) is 20.6 Å². The van der Waals surface area contributed by atoms with Crippen molar-refractivity contribution in [3.63, 3.8) is 0 Å². The molecule has 0 saturated carbocycles. The first kappa shape index (κ1) is 7.64. The summed E-state index contributed by atoms with van der Waals surface area (Å²) < 4.78 is 4.65. The van der Waals surface area contributed by atoms with E-state index in [-0.39, 0.29) is 5.97 Å². The van der Waals surface area contributed by atoms with Crippen LogP contribution in [0.15, 0.2) is 0 Å². The van der Waals surface area contributed by atoms with Gasteiger partial charge in [-0.25, -0.2) is 0 Å². The summed E-state index contributed by atoms with van der Waals surface area (Å²) in [4.78, 5) is 10.3. The van der Waals surface area contributed by atoms with E-state index >= 15 is 0 Å². The maximum absolute atomic E-state index is 10.3. The quantitative estimate of drug-likeness (QED) is 0.585. The number of tetrazole rings is 1. The number of aromatic nitrogens is 4. The smallest absolute Gasteiger partial charge is 0.302 e. The molecule has 0 fully saturated rings. The molecular formula is C5H8N4O2. The number of carbonyl (C=O) groups excluding carboxylic acids is 1. The third-order valence-corrected chi connectivity index (χ3v) is 1.02. The molecule has 0 aromatic carbocycles. The van der Waals surface area contributed by atoms with Gasteiger partial charge in [-0.2, -0.15) is 5.21 Å². The van der Waals surface area contributed by atoms with Gasteiger partial charge in [-0.05, 0) is 0 Å². The average Bonchev–Trinajstić information content (AvgIpc) is 2.39. The van der Waals surface area contributed by atoms with E-state index in [1.807, 2.05) is 0 Å². The van der Waals surface area contributed by atoms with E-state index in [0.29, 0.717) is 18.9 Å². The lowest BCUT2D eigenvalue weighted by molar-refractivity contribution is -0.140. The Balaban J connectivity index is 2.19. The molecule has 1 N–H and O–H groups in total. The number of nitrogens with one attached hydrogen (secondary N) is 1. The van der Waals surface area contributed by atoms with Crippen LogP contribution in [0.25, 0.3) is 0 Å². The van der Waals surface area contributed by atoms with Crippen molar-refractivity contribution in [1.29, 1.82) is 0 Å². The minimum atomic E-state index is -0.298. The highest BCUT2D eigenvalue weighted by Crippen LogP contribution is 1.86. The third-order valence-electron chi connectivity index (χ3n) is 1.02. The third kappa shape index (κ3) is 2.74. The Labute approximate surface area is 62.9 Å². The summed E-state index contributed by atoms with van der Waals surface area (Å²) in [6.07, 6.45) is 0.496. The maximum Gasteiger partial charge on any atom is 0.302 e. The van der Waals surface area contributed by atoms with Crippen molar-refractivity contribution in [3.05, 3.63) is 5.82 Å². The van der Waals surface area contributed by atoms with Gasteiger partial charge in [-0.3, -0.25) is 4.79 Å². The Morgan fingerprint density at radius 2 is 2.55 bits per heavy atom. The zero-order valence-electron chi connectivity index (χ0n) is 6.07. The molecule has 0 spiro atoms. The molecule has 0 radical (unpaired) electrons. The predicted octanol–water partition coefficient (Wildman–Crippen LogP) is -0.695. The van der Waals surface area contributed by atoms with Gasteiger partial charge in [0.15, 0.2) is 5.82 Å². The van der Waals surface area contributed by atoms with Crippen molar-refractivity contribution in [2.24, 2.45) is 0 Å². The lowest BCUT2D eigenvalue weighted by atomic mass is 10.4. The fourth-order valence-electron chi connectivity index (χ4n) is 0.574. The summed E-state index contributed by atoms with van der Waals surface area (Å²) in [5.41, 5.74) is 0. The molecule has 0 atom stereocenters. The summed E-state index contributed by atoms with van der Waals surface area (Å²) in [5.74, 6) is 0.250. The van der Waals surface area contributed by atoms with Crippen LogP contribution < -0.4 is 0 Å². The monoisotopic (exact) mass is 156 g/mol. The van der Waals surface area contributed by atoms with Gasteiger partial charge in [0, 0.05) is 13.3 Å². The van der Waals surface area contributed by atoms with Gasteiger partial charge in [0.25, 0.3) is 0 Å². The van der Waals surface area contributed by atoms with E-state index in [2.05, 4.69) is 25.4 Å². The first-order valence-corrected chi connectivity index (χ1v) is 3.14. The highest BCUT2D eigenvalue weighted by Gasteiger charge is 1.98. The Hall–Kier alpha value is -1.46. The van der Waals surface area contributed by atoms with Crippen molar-refractivity contribution >= 4 is 5.97 Å². The molecule has 6 nitrogen and oxygen atoms in total. The first-order valence-electron chi connectivity index (χ1n) is 3.14. The van der Waals surface area contributed by atoms with Crippen LogP contribution in [0, 0.1) is 0 Å². The average molecular weight is 156 g/mol. The van der Waals surface area contributed by atoms with E-state index in [1.165, 1.54) is 6.92 Å². The number of ether oxygens (including phenoxy) is 1. The zero-order chi connectivity index (χ0) is 8.10. The fraction of sp³-hybridized carbons (Fsp3) is 0.600. The molecule has 0 unspecified atom stereocenters. The van der Waals surface area contributed by atoms with Crippen molar-refractivity contribution in [2.75, 3.05) is 6.61 Å². The van der Waals surface area contributed by atoms with E-state index in [4.69, 9.17) is 0 Å². The van der Waals surface area contributed by atoms with Crippen LogP contribution in [0.2, 0.25) is 0 Å². The number of hydrogen-bond acceptors (Lipinski definition) is 5. The second-order valence-electron chi connectivity index (χ2n) is 1.92. The summed E-state index contributed by atoms with van der Waals surface area (Å²) in [5, 5.41) is 13.0. The highest BCUT2D eigenvalue weighted by molar-refractivity contribution is 5.65. The standard InChI is InChI=1S/C5H8N4O2/c1-4(10)11-3-2-5-6-8-9-7-5/h2-3H2,1H3,(H,6,7,8,9). The maximum atomic E-state index is 10.3. The SMILES string of the molecule is CC(=O)OCCc1nn[nH]n1. The highest BCUT2D eigenvalue weighted by atomic mass is 16.5. The van der Waals surface area contributed by atoms with Crippen molar-refractivity contribution in [2.45, 2.75) is 13.3 Å². The number of carbonyl (C=O) groups is 1. The molecule has 0 bridgehead atoms. The Kier molecular flexibility index (Phi) is 2.53. The molecule has 0 aliphatic heterocycles. The molecular weight excluding hydrogens is 148 g/mol. The number of hydrogen-bond donors (Lipinski definition) is 1. The molecule has 1 rings (SSSR count). The van der Waals surface area contributed by atoms with Gasteiger partial charge in [0.1, 0.15) is 0 Å². The largest absolute Gasteiger partial charge is 0.465 e. The summed E-state index contributed by atoms with van der Waals surface area (Å²) >= 11 is 0. The molecule has 6 heteroatoms. The van der Waals surface area contributed by atoms with E-state index in [9.17, 15) is 4.79 Å². The van der Waals surface area contributed by atoms with E-state index in [0.717, 1.165) is 0 Å². The van der Waals surface area contributed by atoms with Gasteiger partial charge < -0.3 is 4.74 Å². The zero-order valence-corrected chi connectivity index (χ0v) is 6.07. The van der Waals surface area contributed by atoms with Gasteiger partial charge in [0.05, 0.1) is 6.61 Å². The number of H-pyrrole nitrogens is 1. The minimum absolute atomic E-state index is 0.298. The molecule has 0 amide bonds. The number of esters is 1. The summed E-state index contributed by atoms with van der Waals surface area (Å²) in [6.45, 7) is 1.66. The lowest BCUT2D eigenvalue weighted by Gasteiger charge is -1.96. The van der Waals surface area contributed by atoms with Crippen LogP contribution in [-0.4, -0.2) is 33.2 Å².